The monoisotopic (exact) mass is 751 g/mol. The number of nitrogens with one attached hydrogen (secondary N) is 1. The van der Waals surface area contributed by atoms with Crippen molar-refractivity contribution in [3.63, 3.8) is 0 Å². The lowest BCUT2D eigenvalue weighted by atomic mass is 10.0. The molecule has 0 spiro atoms. The Balaban J connectivity index is 1.28. The Hall–Kier alpha value is -3.22. The van der Waals surface area contributed by atoms with Gasteiger partial charge in [0.2, 0.25) is 16.8 Å². The molecular formula is C36H53N3O12S. The summed E-state index contributed by atoms with van der Waals surface area (Å²) in [5.41, 5.74) is 0.793. The number of benzene rings is 2. The second-order valence-electron chi connectivity index (χ2n) is 13.6. The van der Waals surface area contributed by atoms with E-state index in [1.165, 1.54) is 16.4 Å². The predicted molar refractivity (Wildman–Crippen MR) is 189 cm³/mol. The molecule has 5 atom stereocenters. The maximum Gasteiger partial charge on any atom is 0.407 e. The molecule has 2 aromatic carbocycles. The second-order valence-corrected chi connectivity index (χ2v) is 15.5. The minimum atomic E-state index is -4.08. The van der Waals surface area contributed by atoms with Gasteiger partial charge in [-0.3, -0.25) is 4.90 Å². The third-order valence-corrected chi connectivity index (χ3v) is 11.1. The minimum absolute atomic E-state index is 0.00753. The van der Waals surface area contributed by atoms with Crippen LogP contribution in [0.3, 0.4) is 0 Å². The van der Waals surface area contributed by atoms with Crippen LogP contribution in [0.1, 0.15) is 19.4 Å². The van der Waals surface area contributed by atoms with E-state index in [0.717, 1.165) is 18.7 Å². The zero-order valence-electron chi connectivity index (χ0n) is 30.4. The highest BCUT2D eigenvalue weighted by Gasteiger charge is 2.44. The number of fused-ring (bicyclic) bond motifs is 2. The van der Waals surface area contributed by atoms with E-state index in [-0.39, 0.29) is 55.7 Å². The molecular weight excluding hydrogens is 698 g/mol. The molecule has 16 heteroatoms. The van der Waals surface area contributed by atoms with Crippen LogP contribution in [-0.4, -0.2) is 147 Å². The summed E-state index contributed by atoms with van der Waals surface area (Å²) in [5, 5.41) is 14.5. The second kappa shape index (κ2) is 19.2. The molecule has 3 aliphatic heterocycles. The maximum absolute atomic E-state index is 14.0. The van der Waals surface area contributed by atoms with E-state index in [0.29, 0.717) is 56.8 Å². The van der Waals surface area contributed by atoms with Crippen LogP contribution in [0.15, 0.2) is 47.4 Å². The fourth-order valence-corrected chi connectivity index (χ4v) is 8.02. The fourth-order valence-electron chi connectivity index (χ4n) is 6.38. The van der Waals surface area contributed by atoms with Gasteiger partial charge in [0.05, 0.1) is 62.1 Å². The average molecular weight is 752 g/mol. The number of hydrogen-bond donors (Lipinski definition) is 2. The van der Waals surface area contributed by atoms with Crippen LogP contribution in [-0.2, 0) is 40.1 Å². The molecule has 2 fully saturated rings. The largest absolute Gasteiger partial charge is 0.492 e. The van der Waals surface area contributed by atoms with Crippen LogP contribution in [0.2, 0.25) is 0 Å². The van der Waals surface area contributed by atoms with Gasteiger partial charge in [-0.25, -0.2) is 13.2 Å². The van der Waals surface area contributed by atoms with Gasteiger partial charge in [0, 0.05) is 53.0 Å². The lowest BCUT2D eigenvalue weighted by Gasteiger charge is -2.31. The van der Waals surface area contributed by atoms with E-state index >= 15 is 0 Å². The van der Waals surface area contributed by atoms with Crippen LogP contribution in [0.4, 0.5) is 4.79 Å². The Labute approximate surface area is 306 Å². The molecule has 2 aromatic rings. The third kappa shape index (κ3) is 10.9. The molecule has 5 rings (SSSR count). The Bertz CT molecular complexity index is 1520. The molecule has 52 heavy (non-hydrogen) atoms. The molecule has 0 bridgehead atoms. The molecule has 2 saturated heterocycles. The van der Waals surface area contributed by atoms with Gasteiger partial charge in [0.1, 0.15) is 18.5 Å². The van der Waals surface area contributed by atoms with Gasteiger partial charge in [0.25, 0.3) is 0 Å². The summed E-state index contributed by atoms with van der Waals surface area (Å²) >= 11 is 0. The quantitative estimate of drug-likeness (QED) is 0.191. The van der Waals surface area contributed by atoms with Gasteiger partial charge in [0.15, 0.2) is 11.5 Å². The van der Waals surface area contributed by atoms with Crippen molar-refractivity contribution in [3.05, 3.63) is 48.0 Å². The van der Waals surface area contributed by atoms with E-state index in [2.05, 4.69) is 10.2 Å². The van der Waals surface area contributed by atoms with Crippen molar-refractivity contribution in [1.29, 1.82) is 0 Å². The summed E-state index contributed by atoms with van der Waals surface area (Å²) in [5.74, 6) is 1.33. The van der Waals surface area contributed by atoms with E-state index in [1.54, 1.807) is 20.3 Å². The van der Waals surface area contributed by atoms with Crippen molar-refractivity contribution in [2.24, 2.45) is 11.8 Å². The van der Waals surface area contributed by atoms with Crippen LogP contribution in [0.25, 0.3) is 0 Å². The molecule has 290 valence electrons. The van der Waals surface area contributed by atoms with Crippen LogP contribution < -0.4 is 19.5 Å². The van der Waals surface area contributed by atoms with Crippen LogP contribution in [0, 0.1) is 11.8 Å². The third-order valence-electron chi connectivity index (χ3n) is 9.27. The van der Waals surface area contributed by atoms with Gasteiger partial charge in [-0.2, -0.15) is 4.31 Å². The number of nitrogens with zero attached hydrogens (tertiary/aromatic N) is 2. The normalized spacial score (nSPS) is 20.7. The summed E-state index contributed by atoms with van der Waals surface area (Å²) in [7, 11) is -0.737. The predicted octanol–water partition coefficient (Wildman–Crippen LogP) is 2.15. The van der Waals surface area contributed by atoms with Crippen molar-refractivity contribution in [2.45, 2.75) is 49.5 Å². The zero-order chi connectivity index (χ0) is 37.1. The number of aliphatic hydroxyl groups is 1. The number of hydrogen-bond acceptors (Lipinski definition) is 13. The molecule has 3 aliphatic rings. The molecule has 1 amide bonds. The summed E-state index contributed by atoms with van der Waals surface area (Å²) < 4.78 is 73.4. The topological polar surface area (TPSA) is 164 Å². The highest BCUT2D eigenvalue weighted by molar-refractivity contribution is 7.89. The van der Waals surface area contributed by atoms with Crippen molar-refractivity contribution < 1.29 is 56.2 Å². The van der Waals surface area contributed by atoms with Gasteiger partial charge in [-0.15, -0.1) is 0 Å². The van der Waals surface area contributed by atoms with Crippen LogP contribution >= 0.6 is 0 Å². The maximum atomic E-state index is 14.0. The molecule has 3 heterocycles. The molecule has 15 nitrogen and oxygen atoms in total. The average Bonchev–Trinajstić information content (AvgIpc) is 3.88. The number of carbonyl (C=O) groups excluding carboxylic acids is 1. The number of amides is 1. The number of alkyl carbamates (subject to hydrolysis) is 1. The number of ether oxygens (including phenoxy) is 8. The Morgan fingerprint density at radius 1 is 0.942 bits per heavy atom. The standard InChI is InChI=1S/C36H53N3O12S/c1-25(2)19-39(52(42,43)28-9-10-32-33(18-28)50-24-49-32)20-31(40)30(37-36(41)51-35-23-48-34-22-46-21-29(34)35)17-26-5-7-27(8-6-26)47-16-13-38(11-14-44-3)12-15-45-4/h5-10,18,25,29-31,34-35,40H,11-17,19-24H2,1-4H3,(H,37,41)/t29-,30+,31-,34+,35+/m1/s1. The summed E-state index contributed by atoms with van der Waals surface area (Å²) in [6.45, 7) is 8.68. The van der Waals surface area contributed by atoms with Gasteiger partial charge < -0.3 is 48.3 Å². The van der Waals surface area contributed by atoms with E-state index in [1.807, 2.05) is 38.1 Å². The summed E-state index contributed by atoms with van der Waals surface area (Å²) in [6, 6.07) is 10.9. The van der Waals surface area contributed by atoms with Crippen molar-refractivity contribution >= 4 is 16.1 Å². The van der Waals surface area contributed by atoms with E-state index < -0.39 is 34.4 Å². The van der Waals surface area contributed by atoms with Gasteiger partial charge >= 0.3 is 6.09 Å². The Morgan fingerprint density at radius 3 is 2.37 bits per heavy atom. The lowest BCUT2D eigenvalue weighted by Crippen LogP contribution is -2.51. The minimum Gasteiger partial charge on any atom is -0.492 e. The fraction of sp³-hybridized carbons (Fsp3) is 0.639. The summed E-state index contributed by atoms with van der Waals surface area (Å²) in [6.07, 6.45) is -2.46. The first-order valence-electron chi connectivity index (χ1n) is 17.7. The number of carbonyl (C=O) groups is 1. The summed E-state index contributed by atoms with van der Waals surface area (Å²) in [4.78, 5) is 15.5. The Kier molecular flexibility index (Phi) is 14.8. The number of methoxy groups -OCH3 is 2. The number of rotatable bonds is 21. The smallest absolute Gasteiger partial charge is 0.407 e. The number of aliphatic hydroxyl groups excluding tert-OH is 1. The highest BCUT2D eigenvalue weighted by Crippen LogP contribution is 2.35. The van der Waals surface area contributed by atoms with Crippen molar-refractivity contribution in [1.82, 2.24) is 14.5 Å². The molecule has 0 aromatic heterocycles. The zero-order valence-corrected chi connectivity index (χ0v) is 31.3. The van der Waals surface area contributed by atoms with E-state index in [4.69, 9.17) is 37.9 Å². The van der Waals surface area contributed by atoms with E-state index in [9.17, 15) is 18.3 Å². The molecule has 0 radical (unpaired) electrons. The van der Waals surface area contributed by atoms with Gasteiger partial charge in [-0.05, 0) is 42.2 Å². The SMILES string of the molecule is COCCN(CCOC)CCOc1ccc(C[C@H](NC(=O)O[C@H]2CO[C@H]3COC[C@H]32)[C@H](O)CN(CC(C)C)S(=O)(=O)c2ccc3c(c2)OCO3)cc1. The van der Waals surface area contributed by atoms with Crippen LogP contribution in [0.5, 0.6) is 17.2 Å². The van der Waals surface area contributed by atoms with Crippen molar-refractivity contribution in [2.75, 3.05) is 93.4 Å². The van der Waals surface area contributed by atoms with Crippen molar-refractivity contribution in [3.8, 4) is 17.2 Å². The highest BCUT2D eigenvalue weighted by atomic mass is 32.2. The molecule has 0 saturated carbocycles. The molecule has 2 N–H and O–H groups in total. The molecule has 0 aliphatic carbocycles. The van der Waals surface area contributed by atoms with Gasteiger partial charge in [-0.1, -0.05) is 26.0 Å². The molecule has 0 unspecified atom stereocenters. The first-order valence-corrected chi connectivity index (χ1v) is 19.2. The first-order chi connectivity index (χ1) is 25.1. The lowest BCUT2D eigenvalue weighted by molar-refractivity contribution is 0.0271. The first kappa shape index (κ1) is 40.0. The Morgan fingerprint density at radius 2 is 1.65 bits per heavy atom. The number of sulfonamides is 1.